The fourth-order valence-electron chi connectivity index (χ4n) is 5.17. The Kier molecular flexibility index (Phi) is 15.3. The lowest BCUT2D eigenvalue weighted by Gasteiger charge is -2.18. The van der Waals surface area contributed by atoms with Crippen LogP contribution in [0, 0.1) is 5.82 Å². The van der Waals surface area contributed by atoms with Crippen LogP contribution in [0.4, 0.5) is 4.39 Å². The van der Waals surface area contributed by atoms with Crippen LogP contribution in [0.5, 0.6) is 0 Å². The quantitative estimate of drug-likeness (QED) is 0.0944. The SMILES string of the molecule is O=C(O)C[C@H](NC(=O)c1csc(-c2cccc(Cl)c2Cl)n1)c1ccc(Cl)cc1Cl.O=C(O)C[C@H](NC(=O)c1csc(-c2ccccc2F)n1)c1ccc(Cl)cc1Cl. The van der Waals surface area contributed by atoms with E-state index in [0.717, 1.165) is 11.3 Å². The molecule has 4 aromatic carbocycles. The maximum atomic E-state index is 13.9. The number of hydrogen-bond donors (Lipinski definition) is 4. The molecular weight excluding hydrogens is 904 g/mol. The van der Waals surface area contributed by atoms with Gasteiger partial charge in [0.2, 0.25) is 0 Å². The first-order valence-corrected chi connectivity index (χ1v) is 20.2. The van der Waals surface area contributed by atoms with E-state index in [9.17, 15) is 33.8 Å². The fraction of sp³-hybridized carbons (Fsp3) is 0.105. The number of halogens is 7. The van der Waals surface area contributed by atoms with Gasteiger partial charge in [-0.1, -0.05) is 106 Å². The van der Waals surface area contributed by atoms with E-state index in [1.165, 1.54) is 34.9 Å². The Hall–Kier alpha value is -4.31. The summed E-state index contributed by atoms with van der Waals surface area (Å²) in [5.74, 6) is -3.77. The van der Waals surface area contributed by atoms with E-state index in [1.807, 2.05) is 0 Å². The molecule has 10 nitrogen and oxygen atoms in total. The summed E-state index contributed by atoms with van der Waals surface area (Å²) in [6.45, 7) is 0. The average molecular weight is 929 g/mol. The number of aliphatic carboxylic acids is 2. The Morgan fingerprint density at radius 3 is 1.53 bits per heavy atom. The topological polar surface area (TPSA) is 159 Å². The van der Waals surface area contributed by atoms with Gasteiger partial charge >= 0.3 is 11.9 Å². The van der Waals surface area contributed by atoms with E-state index >= 15 is 0 Å². The van der Waals surface area contributed by atoms with Crippen molar-refractivity contribution in [3.05, 3.63) is 148 Å². The first-order chi connectivity index (χ1) is 27.1. The normalized spacial score (nSPS) is 11.8. The van der Waals surface area contributed by atoms with Gasteiger partial charge in [0.1, 0.15) is 27.2 Å². The lowest BCUT2D eigenvalue weighted by molar-refractivity contribution is -0.138. The second kappa shape index (κ2) is 19.9. The number of carbonyl (C=O) groups excluding carboxylic acids is 2. The van der Waals surface area contributed by atoms with Crippen molar-refractivity contribution in [3.63, 3.8) is 0 Å². The van der Waals surface area contributed by atoms with Crippen LogP contribution in [0.15, 0.2) is 89.6 Å². The molecule has 0 aliphatic heterocycles. The number of amides is 2. The van der Waals surface area contributed by atoms with Gasteiger partial charge in [0.05, 0.1) is 35.0 Å². The van der Waals surface area contributed by atoms with Gasteiger partial charge in [0.15, 0.2) is 0 Å². The molecule has 0 radical (unpaired) electrons. The summed E-state index contributed by atoms with van der Waals surface area (Å²) in [6.07, 6.45) is -0.735. The highest BCUT2D eigenvalue weighted by molar-refractivity contribution is 7.13. The van der Waals surface area contributed by atoms with Crippen LogP contribution in [-0.4, -0.2) is 43.9 Å². The zero-order valence-electron chi connectivity index (χ0n) is 28.6. The molecule has 0 saturated heterocycles. The summed E-state index contributed by atoms with van der Waals surface area (Å²) >= 11 is 38.7. The van der Waals surface area contributed by atoms with Crippen LogP contribution >= 0.6 is 92.3 Å². The van der Waals surface area contributed by atoms with Crippen molar-refractivity contribution in [2.24, 2.45) is 0 Å². The molecule has 0 aliphatic rings. The number of nitrogens with zero attached hydrogens (tertiary/aromatic N) is 2. The van der Waals surface area contributed by atoms with Crippen LogP contribution < -0.4 is 10.6 Å². The van der Waals surface area contributed by atoms with Gasteiger partial charge in [-0.3, -0.25) is 19.2 Å². The Bertz CT molecular complexity index is 2470. The number of thiazole rings is 2. The van der Waals surface area contributed by atoms with Crippen LogP contribution in [0.2, 0.25) is 30.1 Å². The Morgan fingerprint density at radius 2 is 1.07 bits per heavy atom. The van der Waals surface area contributed by atoms with E-state index in [-0.39, 0.29) is 39.8 Å². The summed E-state index contributed by atoms with van der Waals surface area (Å²) in [5.41, 5.74) is 1.94. The van der Waals surface area contributed by atoms with Crippen molar-refractivity contribution < 1.29 is 33.8 Å². The molecule has 4 N–H and O–H groups in total. The Balaban J connectivity index is 0.000000218. The highest BCUT2D eigenvalue weighted by atomic mass is 35.5. The number of hydrogen-bond acceptors (Lipinski definition) is 8. The molecule has 0 aliphatic carbocycles. The largest absolute Gasteiger partial charge is 0.481 e. The highest BCUT2D eigenvalue weighted by Gasteiger charge is 2.25. The highest BCUT2D eigenvalue weighted by Crippen LogP contribution is 2.36. The van der Waals surface area contributed by atoms with Gasteiger partial charge in [-0.2, -0.15) is 0 Å². The number of aromatic nitrogens is 2. The minimum atomic E-state index is -1.11. The van der Waals surface area contributed by atoms with Crippen LogP contribution in [0.25, 0.3) is 21.1 Å². The molecule has 57 heavy (non-hydrogen) atoms. The van der Waals surface area contributed by atoms with Gasteiger partial charge in [0.25, 0.3) is 11.8 Å². The zero-order valence-corrected chi connectivity index (χ0v) is 34.8. The number of nitrogens with one attached hydrogen (secondary N) is 2. The summed E-state index contributed by atoms with van der Waals surface area (Å²) in [5, 5.41) is 29.6. The summed E-state index contributed by atoms with van der Waals surface area (Å²) < 4.78 is 13.9. The smallest absolute Gasteiger partial charge is 0.305 e. The average Bonchev–Trinajstić information content (AvgIpc) is 3.84. The predicted molar refractivity (Wildman–Crippen MR) is 223 cm³/mol. The Morgan fingerprint density at radius 1 is 0.614 bits per heavy atom. The fourth-order valence-corrected chi connectivity index (χ4v) is 8.35. The van der Waals surface area contributed by atoms with E-state index in [2.05, 4.69) is 20.6 Å². The zero-order chi connectivity index (χ0) is 41.4. The molecule has 19 heteroatoms. The summed E-state index contributed by atoms with van der Waals surface area (Å²) in [6, 6.07) is 18.7. The van der Waals surface area contributed by atoms with Crippen molar-refractivity contribution in [2.45, 2.75) is 24.9 Å². The van der Waals surface area contributed by atoms with Crippen LogP contribution in [-0.2, 0) is 9.59 Å². The molecule has 2 atom stereocenters. The second-order valence-corrected chi connectivity index (χ2v) is 15.9. The molecule has 6 rings (SSSR count). The number of benzene rings is 4. The molecular formula is C38H25Cl6FN4O6S2. The number of carboxylic acids is 2. The van der Waals surface area contributed by atoms with Gasteiger partial charge in [0, 0.05) is 42.0 Å². The van der Waals surface area contributed by atoms with Gasteiger partial charge in [-0.25, -0.2) is 14.4 Å². The first-order valence-electron chi connectivity index (χ1n) is 16.2. The molecule has 0 fully saturated rings. The molecule has 2 heterocycles. The standard InChI is InChI=1S/C19H12Cl4N2O3S.C19H13Cl2FN2O3S/c20-9-4-5-10(13(22)6-9)14(7-16(26)27)24-18(28)15-8-29-19(25-15)11-2-1-3-12(21)17(11)23;20-10-5-6-11(13(21)7-10)15(8-17(25)26)23-18(27)16-9-28-19(24-16)12-3-1-2-4-14(12)22/h1-6,8,14H,7H2,(H,24,28)(H,26,27);1-7,9,15H,8H2,(H,23,27)(H,25,26)/t14-;15-/m00/s1. The van der Waals surface area contributed by atoms with E-state index < -0.39 is 41.7 Å². The van der Waals surface area contributed by atoms with Crippen LogP contribution in [0.1, 0.15) is 57.0 Å². The molecule has 2 aromatic heterocycles. The van der Waals surface area contributed by atoms with Gasteiger partial charge in [-0.05, 0) is 53.6 Å². The maximum absolute atomic E-state index is 13.9. The molecule has 0 unspecified atom stereocenters. The third-order valence-corrected chi connectivity index (χ3v) is 11.5. The van der Waals surface area contributed by atoms with E-state index in [1.54, 1.807) is 66.0 Å². The first kappa shape index (κ1) is 43.8. The minimum absolute atomic E-state index is 0.0590. The van der Waals surface area contributed by atoms with E-state index in [0.29, 0.717) is 46.8 Å². The van der Waals surface area contributed by atoms with Crippen molar-refractivity contribution in [3.8, 4) is 21.1 Å². The lowest BCUT2D eigenvalue weighted by Crippen LogP contribution is -2.30. The van der Waals surface area contributed by atoms with Gasteiger partial charge < -0.3 is 20.8 Å². The molecule has 294 valence electrons. The van der Waals surface area contributed by atoms with Crippen LogP contribution in [0.3, 0.4) is 0 Å². The monoisotopic (exact) mass is 926 g/mol. The maximum Gasteiger partial charge on any atom is 0.305 e. The predicted octanol–water partition coefficient (Wildman–Crippen LogP) is 11.6. The van der Waals surface area contributed by atoms with E-state index in [4.69, 9.17) is 69.6 Å². The number of carbonyl (C=O) groups is 4. The second-order valence-electron chi connectivity index (χ2n) is 11.7. The minimum Gasteiger partial charge on any atom is -0.481 e. The third kappa shape index (κ3) is 11.6. The van der Waals surface area contributed by atoms with Crippen molar-refractivity contribution in [1.29, 1.82) is 0 Å². The van der Waals surface area contributed by atoms with Crippen molar-refractivity contribution >= 4 is 116 Å². The molecule has 2 amide bonds. The molecule has 6 aromatic rings. The van der Waals surface area contributed by atoms with Crippen molar-refractivity contribution in [2.75, 3.05) is 0 Å². The molecule has 0 bridgehead atoms. The number of carboxylic acid groups (broad SMARTS) is 2. The molecule has 0 spiro atoms. The van der Waals surface area contributed by atoms with Gasteiger partial charge in [-0.15, -0.1) is 22.7 Å². The molecule has 0 saturated carbocycles. The Labute approximate surface area is 362 Å². The third-order valence-electron chi connectivity index (χ3n) is 7.80. The number of rotatable bonds is 12. The van der Waals surface area contributed by atoms with Crippen molar-refractivity contribution in [1.82, 2.24) is 20.6 Å². The lowest BCUT2D eigenvalue weighted by atomic mass is 10.0. The summed E-state index contributed by atoms with van der Waals surface area (Å²) in [4.78, 5) is 56.3. The summed E-state index contributed by atoms with van der Waals surface area (Å²) in [7, 11) is 0.